The Labute approximate surface area is 115 Å². The average Bonchev–Trinajstić information content (AvgIpc) is 2.41. The van der Waals surface area contributed by atoms with Gasteiger partial charge in [-0.05, 0) is 0 Å². The molecule has 4 N–H and O–H groups in total. The van der Waals surface area contributed by atoms with E-state index in [9.17, 15) is 27.2 Å². The molecule has 0 heterocycles. The quantitative estimate of drug-likeness (QED) is 0.485. The van der Waals surface area contributed by atoms with Gasteiger partial charge in [-0.2, -0.15) is 0 Å². The van der Waals surface area contributed by atoms with Crippen LogP contribution in [0.25, 0.3) is 0 Å². The van der Waals surface area contributed by atoms with Crippen molar-refractivity contribution in [2.24, 2.45) is 0 Å². The van der Waals surface area contributed by atoms with E-state index in [1.807, 2.05) is 0 Å². The van der Waals surface area contributed by atoms with Crippen molar-refractivity contribution in [3.63, 3.8) is 0 Å². The van der Waals surface area contributed by atoms with Crippen LogP contribution in [0.1, 0.15) is 6.42 Å². The summed E-state index contributed by atoms with van der Waals surface area (Å²) in [6, 6.07) is -2.99. The zero-order valence-corrected chi connectivity index (χ0v) is 10.3. The Morgan fingerprint density at radius 2 is 1.67 bits per heavy atom. The van der Waals surface area contributed by atoms with Crippen LogP contribution in [0.2, 0.25) is 0 Å². The molecule has 1 aromatic rings. The van der Waals surface area contributed by atoms with Gasteiger partial charge in [-0.25, -0.2) is 27.2 Å². The van der Waals surface area contributed by atoms with Gasteiger partial charge in [-0.3, -0.25) is 0 Å². The summed E-state index contributed by atoms with van der Waals surface area (Å²) < 4.78 is 52.3. The van der Waals surface area contributed by atoms with Crippen LogP contribution in [0.4, 0.5) is 28.0 Å². The summed E-state index contributed by atoms with van der Waals surface area (Å²) in [7, 11) is 0. The lowest BCUT2D eigenvalue weighted by Crippen LogP contribution is -2.43. The highest BCUT2D eigenvalue weighted by molar-refractivity contribution is 5.92. The minimum Gasteiger partial charge on any atom is -0.480 e. The second kappa shape index (κ2) is 6.88. The third-order valence-corrected chi connectivity index (χ3v) is 2.37. The Kier molecular flexibility index (Phi) is 5.47. The van der Waals surface area contributed by atoms with Gasteiger partial charge in [0, 0.05) is 19.1 Å². The summed E-state index contributed by atoms with van der Waals surface area (Å²) in [5.74, 6) is -8.63. The number of carboxylic acid groups (broad SMARTS) is 1. The third kappa shape index (κ3) is 4.05. The molecule has 1 atom stereocenters. The molecule has 0 aromatic heterocycles. The van der Waals surface area contributed by atoms with Crippen LogP contribution in [0.15, 0.2) is 6.07 Å². The summed E-state index contributed by atoms with van der Waals surface area (Å²) in [6.45, 7) is -0.575. The number of carbonyl (C=O) groups is 2. The molecule has 2 amide bonds. The largest absolute Gasteiger partial charge is 0.480 e. The molecule has 0 fully saturated rings. The Morgan fingerprint density at radius 1 is 1.14 bits per heavy atom. The number of anilines is 1. The van der Waals surface area contributed by atoms with Crippen LogP contribution in [0.3, 0.4) is 0 Å². The molecule has 6 nitrogen and oxygen atoms in total. The number of nitrogens with one attached hydrogen (secondary N) is 2. The summed E-state index contributed by atoms with van der Waals surface area (Å²) in [6.07, 6.45) is -0.370. The van der Waals surface area contributed by atoms with Crippen molar-refractivity contribution in [1.82, 2.24) is 5.32 Å². The van der Waals surface area contributed by atoms with E-state index in [1.54, 1.807) is 5.32 Å². The maximum atomic E-state index is 13.3. The van der Waals surface area contributed by atoms with Crippen LogP contribution in [-0.2, 0) is 4.79 Å². The highest BCUT2D eigenvalue weighted by Gasteiger charge is 2.23. The molecule has 0 aliphatic heterocycles. The number of urea groups is 1. The van der Waals surface area contributed by atoms with Crippen LogP contribution in [0.5, 0.6) is 0 Å². The van der Waals surface area contributed by atoms with Crippen LogP contribution < -0.4 is 10.6 Å². The molecule has 0 saturated heterocycles. The van der Waals surface area contributed by atoms with Crippen molar-refractivity contribution >= 4 is 17.7 Å². The molecule has 10 heteroatoms. The number of hydrogen-bond donors (Lipinski definition) is 4. The van der Waals surface area contributed by atoms with Gasteiger partial charge in [0.15, 0.2) is 23.3 Å². The second-order valence-electron chi connectivity index (χ2n) is 3.84. The summed E-state index contributed by atoms with van der Waals surface area (Å²) in [5.41, 5.74) is -1.39. The van der Waals surface area contributed by atoms with Gasteiger partial charge in [-0.15, -0.1) is 0 Å². The molecule has 1 rings (SSSR count). The number of benzene rings is 1. The van der Waals surface area contributed by atoms with Crippen molar-refractivity contribution in [3.8, 4) is 0 Å². The maximum Gasteiger partial charge on any atom is 0.326 e. The summed E-state index contributed by atoms with van der Waals surface area (Å²) in [5, 5.41) is 20.5. The van der Waals surface area contributed by atoms with E-state index in [4.69, 9.17) is 10.2 Å². The van der Waals surface area contributed by atoms with Gasteiger partial charge < -0.3 is 20.8 Å². The van der Waals surface area contributed by atoms with Crippen LogP contribution in [0, 0.1) is 23.3 Å². The number of aliphatic hydroxyl groups is 1. The van der Waals surface area contributed by atoms with Gasteiger partial charge in [0.25, 0.3) is 0 Å². The van der Waals surface area contributed by atoms with Gasteiger partial charge >= 0.3 is 12.0 Å². The van der Waals surface area contributed by atoms with Crippen molar-refractivity contribution in [2.75, 3.05) is 11.9 Å². The molecule has 0 unspecified atom stereocenters. The first kappa shape index (κ1) is 16.7. The predicted molar refractivity (Wildman–Crippen MR) is 61.6 cm³/mol. The topological polar surface area (TPSA) is 98.7 Å². The number of aliphatic hydroxyl groups excluding tert-OH is 1. The molecule has 21 heavy (non-hydrogen) atoms. The van der Waals surface area contributed by atoms with Crippen LogP contribution >= 0.6 is 0 Å². The van der Waals surface area contributed by atoms with E-state index < -0.39 is 53.6 Å². The maximum absolute atomic E-state index is 13.3. The number of carboxylic acids is 1. The Hall–Kier alpha value is -2.36. The van der Waals surface area contributed by atoms with E-state index in [1.165, 1.54) is 5.32 Å². The normalized spacial score (nSPS) is 11.9. The van der Waals surface area contributed by atoms with E-state index in [-0.39, 0.29) is 12.5 Å². The van der Waals surface area contributed by atoms with Gasteiger partial charge in [0.2, 0.25) is 0 Å². The molecule has 0 saturated carbocycles. The highest BCUT2D eigenvalue weighted by atomic mass is 19.2. The Morgan fingerprint density at radius 3 is 2.10 bits per heavy atom. The number of amides is 2. The zero-order valence-electron chi connectivity index (χ0n) is 10.3. The summed E-state index contributed by atoms with van der Waals surface area (Å²) >= 11 is 0. The lowest BCUT2D eigenvalue weighted by molar-refractivity contribution is -0.139. The zero-order chi connectivity index (χ0) is 16.2. The first-order valence-electron chi connectivity index (χ1n) is 5.52. The molecule has 0 radical (unpaired) electrons. The molecule has 0 aliphatic carbocycles. The van der Waals surface area contributed by atoms with Crippen molar-refractivity contribution < 1.29 is 37.4 Å². The first-order chi connectivity index (χ1) is 9.77. The van der Waals surface area contributed by atoms with Crippen molar-refractivity contribution in [2.45, 2.75) is 12.5 Å². The fourth-order valence-corrected chi connectivity index (χ4v) is 1.38. The second-order valence-corrected chi connectivity index (χ2v) is 3.84. The monoisotopic (exact) mass is 310 g/mol. The minimum absolute atomic E-state index is 0.0421. The molecular formula is C11H10F4N2O4. The smallest absolute Gasteiger partial charge is 0.326 e. The van der Waals surface area contributed by atoms with Crippen LogP contribution in [-0.4, -0.2) is 34.9 Å². The minimum atomic E-state index is -1.84. The molecule has 0 spiro atoms. The van der Waals surface area contributed by atoms with E-state index in [0.717, 1.165) is 0 Å². The van der Waals surface area contributed by atoms with Crippen molar-refractivity contribution in [1.29, 1.82) is 0 Å². The standard InChI is InChI=1S/C11H10F4N2O4/c12-4-3-5(13)8(15)9(7(4)14)17-11(21)16-6(1-2-18)10(19)20/h3,6,18H,1-2H2,(H,19,20)(H2,16,17,21)/t6-/m1/s1. The van der Waals surface area contributed by atoms with E-state index in [2.05, 4.69) is 0 Å². The van der Waals surface area contributed by atoms with Crippen molar-refractivity contribution in [3.05, 3.63) is 29.3 Å². The Balaban J connectivity index is 2.91. The number of halogens is 4. The summed E-state index contributed by atoms with van der Waals surface area (Å²) in [4.78, 5) is 22.1. The first-order valence-corrected chi connectivity index (χ1v) is 5.52. The van der Waals surface area contributed by atoms with Gasteiger partial charge in [0.05, 0.1) is 0 Å². The molecular weight excluding hydrogens is 300 g/mol. The molecule has 0 aliphatic rings. The number of aliphatic carboxylic acids is 1. The third-order valence-electron chi connectivity index (χ3n) is 2.37. The SMILES string of the molecule is O=C(Nc1c(F)c(F)cc(F)c1F)N[C@H](CCO)C(=O)O. The number of hydrogen-bond acceptors (Lipinski definition) is 3. The lowest BCUT2D eigenvalue weighted by atomic mass is 10.2. The molecule has 1 aromatic carbocycles. The molecule has 0 bridgehead atoms. The van der Waals surface area contributed by atoms with Gasteiger partial charge in [-0.1, -0.05) is 0 Å². The van der Waals surface area contributed by atoms with Gasteiger partial charge in [0.1, 0.15) is 11.7 Å². The van der Waals surface area contributed by atoms with E-state index >= 15 is 0 Å². The lowest BCUT2D eigenvalue weighted by Gasteiger charge is -2.15. The van der Waals surface area contributed by atoms with E-state index in [0.29, 0.717) is 0 Å². The fraction of sp³-hybridized carbons (Fsp3) is 0.273. The number of rotatable bonds is 5. The number of carbonyl (C=O) groups excluding carboxylic acids is 1. The predicted octanol–water partition coefficient (Wildman–Crippen LogP) is 1.20. The molecule has 116 valence electrons. The fourth-order valence-electron chi connectivity index (χ4n) is 1.38. The average molecular weight is 310 g/mol. The Bertz CT molecular complexity index is 541. The highest BCUT2D eigenvalue weighted by Crippen LogP contribution is 2.23.